The van der Waals surface area contributed by atoms with Gasteiger partial charge >= 0.3 is 12.1 Å². The second-order valence-corrected chi connectivity index (χ2v) is 8.36. The number of carbonyl (C=O) groups is 2. The summed E-state index contributed by atoms with van der Waals surface area (Å²) < 4.78 is 5.55. The number of benzene rings is 3. The molecule has 0 radical (unpaired) electrons. The van der Waals surface area contributed by atoms with Gasteiger partial charge in [-0.15, -0.1) is 0 Å². The summed E-state index contributed by atoms with van der Waals surface area (Å²) in [6.07, 6.45) is 1.06. The molecule has 6 heteroatoms. The van der Waals surface area contributed by atoms with Crippen molar-refractivity contribution in [3.8, 4) is 11.1 Å². The lowest BCUT2D eigenvalue weighted by atomic mass is 9.93. The van der Waals surface area contributed by atoms with Gasteiger partial charge in [-0.05, 0) is 33.9 Å². The van der Waals surface area contributed by atoms with Crippen molar-refractivity contribution in [1.82, 2.24) is 10.3 Å². The molecule has 2 unspecified atom stereocenters. The fourth-order valence-electron chi connectivity index (χ4n) is 4.82. The third-order valence-electron chi connectivity index (χ3n) is 6.49. The van der Waals surface area contributed by atoms with E-state index in [0.717, 1.165) is 38.7 Å². The largest absolute Gasteiger partial charge is 0.480 e. The number of amides is 1. The van der Waals surface area contributed by atoms with Crippen LogP contribution in [0.2, 0.25) is 0 Å². The van der Waals surface area contributed by atoms with Gasteiger partial charge in [-0.3, -0.25) is 0 Å². The van der Waals surface area contributed by atoms with Crippen molar-refractivity contribution in [2.45, 2.75) is 24.8 Å². The Morgan fingerprint density at radius 3 is 2.24 bits per heavy atom. The van der Waals surface area contributed by atoms with Crippen molar-refractivity contribution >= 4 is 23.0 Å². The Balaban J connectivity index is 1.31. The summed E-state index contributed by atoms with van der Waals surface area (Å²) in [6.45, 7) is 1.92. The maximum atomic E-state index is 12.7. The third-order valence-corrected chi connectivity index (χ3v) is 6.49. The lowest BCUT2D eigenvalue weighted by molar-refractivity contribution is -0.139. The van der Waals surface area contributed by atoms with E-state index < -0.39 is 24.0 Å². The molecule has 5 rings (SSSR count). The number of nitrogens with one attached hydrogen (secondary N) is 2. The van der Waals surface area contributed by atoms with Crippen LogP contribution in [0.15, 0.2) is 79.0 Å². The van der Waals surface area contributed by atoms with Crippen LogP contribution in [0.3, 0.4) is 0 Å². The minimum atomic E-state index is -1.13. The molecule has 4 aromatic rings. The van der Waals surface area contributed by atoms with Crippen LogP contribution in [0.25, 0.3) is 22.0 Å². The van der Waals surface area contributed by atoms with Gasteiger partial charge in [0.1, 0.15) is 12.6 Å². The molecule has 0 aliphatic heterocycles. The summed E-state index contributed by atoms with van der Waals surface area (Å²) in [7, 11) is 0. The first-order chi connectivity index (χ1) is 16.0. The number of hydrogen-bond acceptors (Lipinski definition) is 3. The summed E-state index contributed by atoms with van der Waals surface area (Å²) >= 11 is 0. The molecule has 0 saturated carbocycles. The molecule has 3 aromatic carbocycles. The molecule has 166 valence electrons. The topological polar surface area (TPSA) is 91.4 Å². The molecule has 1 aliphatic rings. The van der Waals surface area contributed by atoms with Gasteiger partial charge in [0.25, 0.3) is 0 Å². The smallest absolute Gasteiger partial charge is 0.407 e. The molecular weight excluding hydrogens is 416 g/mol. The van der Waals surface area contributed by atoms with Crippen LogP contribution >= 0.6 is 0 Å². The summed E-state index contributed by atoms with van der Waals surface area (Å²) in [6, 6.07) is 22.7. The van der Waals surface area contributed by atoms with E-state index in [4.69, 9.17) is 4.74 Å². The fraction of sp³-hybridized carbons (Fsp3) is 0.185. The van der Waals surface area contributed by atoms with Crippen molar-refractivity contribution in [2.75, 3.05) is 6.61 Å². The molecule has 1 heterocycles. The second-order valence-electron chi connectivity index (χ2n) is 8.36. The molecule has 1 aromatic heterocycles. The average molecular weight is 440 g/mol. The lowest BCUT2D eigenvalue weighted by Gasteiger charge is -2.22. The Bertz CT molecular complexity index is 1300. The fourth-order valence-corrected chi connectivity index (χ4v) is 4.82. The number of carbonyl (C=O) groups excluding carboxylic acids is 1. The van der Waals surface area contributed by atoms with Crippen LogP contribution in [0.5, 0.6) is 0 Å². The first-order valence-corrected chi connectivity index (χ1v) is 10.9. The first-order valence-electron chi connectivity index (χ1n) is 10.9. The van der Waals surface area contributed by atoms with Gasteiger partial charge in [0.15, 0.2) is 0 Å². The Morgan fingerprint density at radius 1 is 0.970 bits per heavy atom. The van der Waals surface area contributed by atoms with E-state index in [9.17, 15) is 14.7 Å². The quantitative estimate of drug-likeness (QED) is 0.381. The molecule has 3 N–H and O–H groups in total. The zero-order valence-electron chi connectivity index (χ0n) is 18.1. The lowest BCUT2D eigenvalue weighted by Crippen LogP contribution is -2.44. The monoisotopic (exact) mass is 440 g/mol. The first kappa shape index (κ1) is 20.8. The van der Waals surface area contributed by atoms with Crippen molar-refractivity contribution in [3.63, 3.8) is 0 Å². The van der Waals surface area contributed by atoms with Gasteiger partial charge in [0.05, 0.1) is 0 Å². The molecule has 0 fully saturated rings. The number of fused-ring (bicyclic) bond motifs is 4. The number of carboxylic acid groups (broad SMARTS) is 1. The number of aromatic amines is 1. The molecule has 6 nitrogen and oxygen atoms in total. The van der Waals surface area contributed by atoms with Gasteiger partial charge in [0, 0.05) is 28.9 Å². The maximum absolute atomic E-state index is 12.7. The van der Waals surface area contributed by atoms with Crippen LogP contribution in [-0.2, 0) is 9.53 Å². The van der Waals surface area contributed by atoms with E-state index in [-0.39, 0.29) is 12.5 Å². The Morgan fingerprint density at radius 2 is 1.58 bits per heavy atom. The van der Waals surface area contributed by atoms with E-state index in [0.29, 0.717) is 0 Å². The molecule has 1 amide bonds. The van der Waals surface area contributed by atoms with E-state index in [1.807, 2.05) is 60.7 Å². The number of para-hydroxylation sites is 1. The number of carboxylic acids is 1. The predicted molar refractivity (Wildman–Crippen MR) is 126 cm³/mol. The van der Waals surface area contributed by atoms with E-state index in [2.05, 4.69) is 22.4 Å². The Hall–Kier alpha value is -4.06. The Labute approximate surface area is 191 Å². The zero-order valence-corrected chi connectivity index (χ0v) is 18.1. The normalized spacial score (nSPS) is 14.3. The number of aromatic nitrogens is 1. The van der Waals surface area contributed by atoms with Gasteiger partial charge < -0.3 is 20.1 Å². The van der Waals surface area contributed by atoms with E-state index >= 15 is 0 Å². The molecule has 0 saturated heterocycles. The van der Waals surface area contributed by atoms with E-state index in [1.165, 1.54) is 0 Å². The number of alkyl carbamates (subject to hydrolysis) is 1. The van der Waals surface area contributed by atoms with Crippen LogP contribution in [0.1, 0.15) is 35.4 Å². The molecular formula is C27H24N2O4. The standard InChI is InChI=1S/C27H24N2O4/c1-16(22-14-28-24-13-7-6-12-21(22)24)25(26(30)31)29-27(32)33-15-23-19-10-4-2-8-17(19)18-9-3-5-11-20(18)23/h2-14,16,23,25,28H,15H2,1H3,(H,29,32)(H,30,31). The van der Waals surface area contributed by atoms with Crippen LogP contribution < -0.4 is 5.32 Å². The number of hydrogen-bond donors (Lipinski definition) is 3. The van der Waals surface area contributed by atoms with Crippen molar-refractivity contribution in [3.05, 3.63) is 95.7 Å². The Kier molecular flexibility index (Phi) is 5.34. The van der Waals surface area contributed by atoms with Crippen LogP contribution in [-0.4, -0.2) is 34.8 Å². The minimum Gasteiger partial charge on any atom is -0.480 e. The average Bonchev–Trinajstić information content (AvgIpc) is 3.40. The van der Waals surface area contributed by atoms with Crippen LogP contribution in [0, 0.1) is 0 Å². The summed E-state index contributed by atoms with van der Waals surface area (Å²) in [4.78, 5) is 27.8. The van der Waals surface area contributed by atoms with Gasteiger partial charge in [-0.2, -0.15) is 0 Å². The van der Waals surface area contributed by atoms with Crippen molar-refractivity contribution in [2.24, 2.45) is 0 Å². The highest BCUT2D eigenvalue weighted by molar-refractivity contribution is 5.86. The molecule has 2 atom stereocenters. The second kappa shape index (κ2) is 8.47. The highest BCUT2D eigenvalue weighted by atomic mass is 16.5. The SMILES string of the molecule is CC(c1c[nH]c2ccccc12)C(NC(=O)OCC1c2ccccc2-c2ccccc21)C(=O)O. The molecule has 0 spiro atoms. The number of rotatable bonds is 6. The van der Waals surface area contributed by atoms with Gasteiger partial charge in [-0.25, -0.2) is 9.59 Å². The third kappa shape index (κ3) is 3.74. The number of ether oxygens (including phenoxy) is 1. The maximum Gasteiger partial charge on any atom is 0.407 e. The van der Waals surface area contributed by atoms with E-state index in [1.54, 1.807) is 13.1 Å². The minimum absolute atomic E-state index is 0.0857. The summed E-state index contributed by atoms with van der Waals surface area (Å²) in [5.74, 6) is -1.65. The molecule has 33 heavy (non-hydrogen) atoms. The number of H-pyrrole nitrogens is 1. The summed E-state index contributed by atoms with van der Waals surface area (Å²) in [5, 5.41) is 13.3. The zero-order chi connectivity index (χ0) is 22.9. The molecule has 0 bridgehead atoms. The van der Waals surface area contributed by atoms with Crippen LogP contribution in [0.4, 0.5) is 4.79 Å². The van der Waals surface area contributed by atoms with Crippen molar-refractivity contribution < 1.29 is 19.4 Å². The van der Waals surface area contributed by atoms with Crippen molar-refractivity contribution in [1.29, 1.82) is 0 Å². The predicted octanol–water partition coefficient (Wildman–Crippen LogP) is 5.26. The summed E-state index contributed by atoms with van der Waals surface area (Å²) in [5.41, 5.74) is 6.24. The highest BCUT2D eigenvalue weighted by Gasteiger charge is 2.32. The number of aliphatic carboxylic acids is 1. The highest BCUT2D eigenvalue weighted by Crippen LogP contribution is 2.44. The van der Waals surface area contributed by atoms with Gasteiger partial charge in [0.2, 0.25) is 0 Å². The van der Waals surface area contributed by atoms with Gasteiger partial charge in [-0.1, -0.05) is 73.7 Å². The molecule has 1 aliphatic carbocycles.